The first-order chi connectivity index (χ1) is 6.28. The first-order valence-corrected chi connectivity index (χ1v) is 5.81. The summed E-state index contributed by atoms with van der Waals surface area (Å²) in [6.07, 6.45) is 9.75. The molecule has 2 aliphatic carbocycles. The molecule has 0 heterocycles. The highest BCUT2D eigenvalue weighted by Crippen LogP contribution is 2.57. The molecule has 0 amide bonds. The molecule has 2 saturated carbocycles. The molecule has 1 unspecified atom stereocenters. The predicted octanol–water partition coefficient (Wildman–Crippen LogP) is 3.33. The highest BCUT2D eigenvalue weighted by molar-refractivity contribution is 5.82. The van der Waals surface area contributed by atoms with Gasteiger partial charge in [0, 0.05) is 12.3 Å². The van der Waals surface area contributed by atoms with E-state index in [1.54, 1.807) is 0 Å². The fraction of sp³-hybridized carbons (Fsp3) is 0.917. The lowest BCUT2D eigenvalue weighted by molar-refractivity contribution is -0.128. The lowest BCUT2D eigenvalue weighted by Gasteiger charge is -2.43. The van der Waals surface area contributed by atoms with Crippen molar-refractivity contribution < 1.29 is 4.79 Å². The van der Waals surface area contributed by atoms with E-state index in [1.807, 2.05) is 0 Å². The van der Waals surface area contributed by atoms with Crippen LogP contribution < -0.4 is 0 Å². The van der Waals surface area contributed by atoms with E-state index in [1.165, 1.54) is 38.5 Å². The number of carbonyl (C=O) groups is 1. The molecule has 0 aromatic carbocycles. The molecule has 0 aromatic rings. The summed E-state index contributed by atoms with van der Waals surface area (Å²) in [5, 5.41) is 0. The Kier molecular flexibility index (Phi) is 2.44. The SMILES string of the molecule is CCCC(=O)C1CCCC12CCC2. The molecule has 0 aromatic heterocycles. The maximum atomic E-state index is 11.9. The molecule has 0 bridgehead atoms. The highest BCUT2D eigenvalue weighted by atomic mass is 16.1. The van der Waals surface area contributed by atoms with E-state index in [-0.39, 0.29) is 0 Å². The van der Waals surface area contributed by atoms with Crippen LogP contribution in [0, 0.1) is 11.3 Å². The van der Waals surface area contributed by atoms with Gasteiger partial charge in [0.2, 0.25) is 0 Å². The summed E-state index contributed by atoms with van der Waals surface area (Å²) in [7, 11) is 0. The van der Waals surface area contributed by atoms with Crippen LogP contribution in [0.2, 0.25) is 0 Å². The molecule has 74 valence electrons. The van der Waals surface area contributed by atoms with Crippen molar-refractivity contribution in [1.29, 1.82) is 0 Å². The summed E-state index contributed by atoms with van der Waals surface area (Å²) in [5.74, 6) is 1.03. The first-order valence-electron chi connectivity index (χ1n) is 5.81. The molecule has 0 N–H and O–H groups in total. The van der Waals surface area contributed by atoms with Gasteiger partial charge >= 0.3 is 0 Å². The molecule has 2 aliphatic rings. The molecule has 2 rings (SSSR count). The van der Waals surface area contributed by atoms with Crippen molar-refractivity contribution in [1.82, 2.24) is 0 Å². The Morgan fingerprint density at radius 2 is 2.00 bits per heavy atom. The Hall–Kier alpha value is -0.330. The van der Waals surface area contributed by atoms with Crippen LogP contribution in [-0.4, -0.2) is 5.78 Å². The summed E-state index contributed by atoms with van der Waals surface area (Å²) < 4.78 is 0. The maximum absolute atomic E-state index is 11.9. The van der Waals surface area contributed by atoms with Gasteiger partial charge in [0.05, 0.1) is 0 Å². The van der Waals surface area contributed by atoms with Crippen LogP contribution in [0.25, 0.3) is 0 Å². The molecule has 0 aliphatic heterocycles. The quantitative estimate of drug-likeness (QED) is 0.651. The lowest BCUT2D eigenvalue weighted by atomic mass is 9.61. The number of carbonyl (C=O) groups excluding carboxylic acids is 1. The van der Waals surface area contributed by atoms with Crippen molar-refractivity contribution in [3.8, 4) is 0 Å². The molecule has 1 nitrogen and oxygen atoms in total. The van der Waals surface area contributed by atoms with Crippen LogP contribution in [0.4, 0.5) is 0 Å². The third kappa shape index (κ3) is 1.43. The normalized spacial score (nSPS) is 30.4. The van der Waals surface area contributed by atoms with Crippen LogP contribution in [-0.2, 0) is 4.79 Å². The second-order valence-electron chi connectivity index (χ2n) is 4.88. The second-order valence-corrected chi connectivity index (χ2v) is 4.88. The summed E-state index contributed by atoms with van der Waals surface area (Å²) in [5.41, 5.74) is 0.506. The second kappa shape index (κ2) is 3.43. The maximum Gasteiger partial charge on any atom is 0.136 e. The molecular weight excluding hydrogens is 160 g/mol. The van der Waals surface area contributed by atoms with Crippen molar-refractivity contribution in [2.75, 3.05) is 0 Å². The fourth-order valence-electron chi connectivity index (χ4n) is 3.29. The molecule has 0 radical (unpaired) electrons. The zero-order chi connectivity index (χ0) is 9.31. The summed E-state index contributed by atoms with van der Waals surface area (Å²) in [4.78, 5) is 11.9. The van der Waals surface area contributed by atoms with E-state index >= 15 is 0 Å². The van der Waals surface area contributed by atoms with E-state index in [9.17, 15) is 4.79 Å². The third-order valence-corrected chi connectivity index (χ3v) is 4.14. The molecule has 1 spiro atoms. The molecule has 1 atom stereocenters. The van der Waals surface area contributed by atoms with Crippen molar-refractivity contribution >= 4 is 5.78 Å². The Bertz CT molecular complexity index is 203. The number of hydrogen-bond acceptors (Lipinski definition) is 1. The Labute approximate surface area is 80.9 Å². The predicted molar refractivity (Wildman–Crippen MR) is 53.5 cm³/mol. The van der Waals surface area contributed by atoms with Gasteiger partial charge in [-0.15, -0.1) is 0 Å². The van der Waals surface area contributed by atoms with Gasteiger partial charge in [-0.2, -0.15) is 0 Å². The third-order valence-electron chi connectivity index (χ3n) is 4.14. The van der Waals surface area contributed by atoms with Crippen LogP contribution in [0.1, 0.15) is 58.3 Å². The van der Waals surface area contributed by atoms with Crippen LogP contribution >= 0.6 is 0 Å². The minimum absolute atomic E-state index is 0.459. The van der Waals surface area contributed by atoms with Gasteiger partial charge in [0.25, 0.3) is 0 Å². The fourth-order valence-corrected chi connectivity index (χ4v) is 3.29. The zero-order valence-electron chi connectivity index (χ0n) is 8.64. The summed E-state index contributed by atoms with van der Waals surface area (Å²) in [6, 6.07) is 0. The minimum Gasteiger partial charge on any atom is -0.299 e. The minimum atomic E-state index is 0.459. The van der Waals surface area contributed by atoms with Gasteiger partial charge < -0.3 is 0 Å². The molecule has 2 fully saturated rings. The Morgan fingerprint density at radius 3 is 2.54 bits per heavy atom. The van der Waals surface area contributed by atoms with Gasteiger partial charge in [-0.1, -0.05) is 19.8 Å². The number of ketones is 1. The van der Waals surface area contributed by atoms with E-state index in [0.717, 1.165) is 12.8 Å². The van der Waals surface area contributed by atoms with E-state index in [2.05, 4.69) is 6.92 Å². The van der Waals surface area contributed by atoms with Crippen LogP contribution in [0.5, 0.6) is 0 Å². The van der Waals surface area contributed by atoms with Crippen molar-refractivity contribution in [3.05, 3.63) is 0 Å². The van der Waals surface area contributed by atoms with Crippen molar-refractivity contribution in [3.63, 3.8) is 0 Å². The standard InChI is InChI=1S/C12H20O/c1-2-5-11(13)10-6-3-7-12(10)8-4-9-12/h10H,2-9H2,1H3. The molecular formula is C12H20O. The monoisotopic (exact) mass is 180 g/mol. The van der Waals surface area contributed by atoms with Crippen LogP contribution in [0.3, 0.4) is 0 Å². The summed E-state index contributed by atoms with van der Waals surface area (Å²) in [6.45, 7) is 2.11. The lowest BCUT2D eigenvalue weighted by Crippen LogP contribution is -2.37. The highest BCUT2D eigenvalue weighted by Gasteiger charge is 2.49. The zero-order valence-corrected chi connectivity index (χ0v) is 8.64. The summed E-state index contributed by atoms with van der Waals surface area (Å²) >= 11 is 0. The van der Waals surface area contributed by atoms with E-state index in [0.29, 0.717) is 17.1 Å². The number of rotatable bonds is 3. The molecule has 0 saturated heterocycles. The van der Waals surface area contributed by atoms with Crippen LogP contribution in [0.15, 0.2) is 0 Å². The largest absolute Gasteiger partial charge is 0.299 e. The van der Waals surface area contributed by atoms with E-state index < -0.39 is 0 Å². The Morgan fingerprint density at radius 1 is 1.31 bits per heavy atom. The van der Waals surface area contributed by atoms with Gasteiger partial charge in [-0.3, -0.25) is 4.79 Å². The first kappa shape index (κ1) is 9.23. The average molecular weight is 180 g/mol. The smallest absolute Gasteiger partial charge is 0.136 e. The number of Topliss-reactive ketones (excluding diaryl/α,β-unsaturated/α-hetero) is 1. The van der Waals surface area contributed by atoms with Crippen molar-refractivity contribution in [2.45, 2.75) is 58.3 Å². The number of hydrogen-bond donors (Lipinski definition) is 0. The van der Waals surface area contributed by atoms with E-state index in [4.69, 9.17) is 0 Å². The molecule has 1 heteroatoms. The van der Waals surface area contributed by atoms with Crippen molar-refractivity contribution in [2.24, 2.45) is 11.3 Å². The topological polar surface area (TPSA) is 17.1 Å². The van der Waals surface area contributed by atoms with Gasteiger partial charge in [-0.25, -0.2) is 0 Å². The Balaban J connectivity index is 2.01. The van der Waals surface area contributed by atoms with Gasteiger partial charge in [-0.05, 0) is 37.5 Å². The van der Waals surface area contributed by atoms with Gasteiger partial charge in [0.1, 0.15) is 5.78 Å². The molecule has 13 heavy (non-hydrogen) atoms. The van der Waals surface area contributed by atoms with Gasteiger partial charge in [0.15, 0.2) is 0 Å². The average Bonchev–Trinajstić information content (AvgIpc) is 2.46.